The van der Waals surface area contributed by atoms with Crippen LogP contribution < -0.4 is 0 Å². The minimum atomic E-state index is -0.0190. The van der Waals surface area contributed by atoms with Crippen LogP contribution in [0.2, 0.25) is 0 Å². The largest absolute Gasteiger partial charge is 0.462 e. The first-order valence-electron chi connectivity index (χ1n) is 15.1. The molecule has 8 atom stereocenters. The SMILES string of the molecule is CC(C)CCC[C@@H](C)[C@H]1CC[C@H]2[C@@H]3CC=C4CC(OC(=O)CCN(C)C)CC[C@]4(C)[C@H]3CC[C@]12C. The zero-order valence-corrected chi connectivity index (χ0v) is 24.1. The van der Waals surface area contributed by atoms with Crippen molar-refractivity contribution in [1.82, 2.24) is 4.90 Å². The number of hydrogen-bond donors (Lipinski definition) is 0. The first-order valence-corrected chi connectivity index (χ1v) is 15.1. The summed E-state index contributed by atoms with van der Waals surface area (Å²) < 4.78 is 5.94. The van der Waals surface area contributed by atoms with Crippen LogP contribution in [0.15, 0.2) is 11.6 Å². The summed E-state index contributed by atoms with van der Waals surface area (Å²) in [5.41, 5.74) is 2.51. The Kier molecular flexibility index (Phi) is 8.46. The van der Waals surface area contributed by atoms with Crippen LogP contribution in [-0.2, 0) is 9.53 Å². The second-order valence-electron chi connectivity index (χ2n) is 14.2. The van der Waals surface area contributed by atoms with Crippen molar-refractivity contribution in [2.75, 3.05) is 20.6 Å². The molecule has 200 valence electrons. The monoisotopic (exact) mass is 485 g/mol. The Morgan fingerprint density at radius 1 is 1.06 bits per heavy atom. The van der Waals surface area contributed by atoms with E-state index >= 15 is 0 Å². The predicted molar refractivity (Wildman–Crippen MR) is 146 cm³/mol. The number of carbonyl (C=O) groups is 1. The molecular weight excluding hydrogens is 430 g/mol. The number of rotatable bonds is 9. The van der Waals surface area contributed by atoms with E-state index in [2.05, 4.69) is 45.6 Å². The number of carbonyl (C=O) groups excluding carboxylic acids is 1. The van der Waals surface area contributed by atoms with Gasteiger partial charge in [0.15, 0.2) is 0 Å². The van der Waals surface area contributed by atoms with Gasteiger partial charge in [0, 0.05) is 13.0 Å². The lowest BCUT2D eigenvalue weighted by Gasteiger charge is -2.58. The number of ether oxygens (including phenoxy) is 1. The van der Waals surface area contributed by atoms with Crippen LogP contribution in [0.25, 0.3) is 0 Å². The number of esters is 1. The lowest BCUT2D eigenvalue weighted by atomic mass is 9.47. The van der Waals surface area contributed by atoms with Gasteiger partial charge in [-0.25, -0.2) is 0 Å². The Bertz CT molecular complexity index is 772. The van der Waals surface area contributed by atoms with E-state index in [1.165, 1.54) is 57.8 Å². The lowest BCUT2D eigenvalue weighted by molar-refractivity contribution is -0.151. The van der Waals surface area contributed by atoms with Gasteiger partial charge in [0.2, 0.25) is 0 Å². The molecule has 0 aromatic carbocycles. The maximum atomic E-state index is 12.4. The van der Waals surface area contributed by atoms with Crippen LogP contribution in [-0.4, -0.2) is 37.6 Å². The number of nitrogens with zero attached hydrogens (tertiary/aromatic N) is 1. The van der Waals surface area contributed by atoms with Crippen molar-refractivity contribution in [3.8, 4) is 0 Å². The molecule has 35 heavy (non-hydrogen) atoms. The highest BCUT2D eigenvalue weighted by Crippen LogP contribution is 2.67. The summed E-state index contributed by atoms with van der Waals surface area (Å²) in [4.78, 5) is 14.4. The number of fused-ring (bicyclic) bond motifs is 5. The maximum absolute atomic E-state index is 12.4. The zero-order chi connectivity index (χ0) is 25.4. The van der Waals surface area contributed by atoms with Crippen LogP contribution in [0.4, 0.5) is 0 Å². The minimum absolute atomic E-state index is 0.0190. The highest BCUT2D eigenvalue weighted by atomic mass is 16.5. The van der Waals surface area contributed by atoms with Gasteiger partial charge in [0.05, 0.1) is 6.42 Å². The quantitative estimate of drug-likeness (QED) is 0.246. The molecule has 0 radical (unpaired) electrons. The van der Waals surface area contributed by atoms with Gasteiger partial charge in [-0.15, -0.1) is 0 Å². The van der Waals surface area contributed by atoms with E-state index < -0.39 is 0 Å². The molecule has 1 unspecified atom stereocenters. The summed E-state index contributed by atoms with van der Waals surface area (Å²) in [5, 5.41) is 0. The van der Waals surface area contributed by atoms with E-state index in [1.54, 1.807) is 5.57 Å². The Morgan fingerprint density at radius 3 is 2.54 bits per heavy atom. The third-order valence-electron chi connectivity index (χ3n) is 11.3. The molecule has 0 aliphatic heterocycles. The molecule has 3 saturated carbocycles. The van der Waals surface area contributed by atoms with Crippen molar-refractivity contribution >= 4 is 5.97 Å². The van der Waals surface area contributed by atoms with E-state index in [1.807, 2.05) is 14.1 Å². The van der Waals surface area contributed by atoms with Crippen molar-refractivity contribution in [1.29, 1.82) is 0 Å². The molecular formula is C32H55NO2. The molecule has 0 aromatic heterocycles. The van der Waals surface area contributed by atoms with Crippen molar-refractivity contribution < 1.29 is 9.53 Å². The number of hydrogen-bond acceptors (Lipinski definition) is 3. The smallest absolute Gasteiger partial charge is 0.307 e. The molecule has 0 N–H and O–H groups in total. The molecule has 0 bridgehead atoms. The fraction of sp³-hybridized carbons (Fsp3) is 0.906. The van der Waals surface area contributed by atoms with Gasteiger partial charge in [-0.1, -0.05) is 65.5 Å². The van der Waals surface area contributed by atoms with Gasteiger partial charge >= 0.3 is 5.97 Å². The van der Waals surface area contributed by atoms with E-state index in [4.69, 9.17) is 4.74 Å². The average Bonchev–Trinajstić information content (AvgIpc) is 3.15. The fourth-order valence-electron chi connectivity index (χ4n) is 9.31. The summed E-state index contributed by atoms with van der Waals surface area (Å²) in [5.74, 6) is 5.24. The van der Waals surface area contributed by atoms with Crippen molar-refractivity contribution in [2.45, 2.75) is 118 Å². The lowest BCUT2D eigenvalue weighted by Crippen LogP contribution is -2.51. The summed E-state index contributed by atoms with van der Waals surface area (Å²) in [6.07, 6.45) is 17.7. The molecule has 0 saturated heterocycles. The zero-order valence-electron chi connectivity index (χ0n) is 24.1. The average molecular weight is 486 g/mol. The molecule has 4 aliphatic rings. The maximum Gasteiger partial charge on any atom is 0.307 e. The molecule has 0 aromatic rings. The molecule has 3 fully saturated rings. The Balaban J connectivity index is 1.40. The van der Waals surface area contributed by atoms with Gasteiger partial charge in [-0.2, -0.15) is 0 Å². The third-order valence-corrected chi connectivity index (χ3v) is 11.3. The highest BCUT2D eigenvalue weighted by molar-refractivity contribution is 5.69. The summed E-state index contributed by atoms with van der Waals surface area (Å²) in [6, 6.07) is 0. The van der Waals surface area contributed by atoms with Gasteiger partial charge in [-0.3, -0.25) is 4.79 Å². The molecule has 3 heteroatoms. The van der Waals surface area contributed by atoms with E-state index in [0.29, 0.717) is 17.3 Å². The summed E-state index contributed by atoms with van der Waals surface area (Å²) >= 11 is 0. The molecule has 3 nitrogen and oxygen atoms in total. The van der Waals surface area contributed by atoms with Gasteiger partial charge in [-0.05, 0) is 105 Å². The Labute approximate surface area is 216 Å². The standard InChI is InChI=1S/C32H55NO2/c1-22(2)9-8-10-23(3)27-13-14-28-26-12-11-24-21-25(35-30(34)17-20-33(6)7)15-18-31(24,4)29(26)16-19-32(27,28)5/h11,22-23,25-29H,8-10,12-21H2,1-7H3/t23-,25?,26+,27-,28+,29+,31+,32-/m1/s1. The third kappa shape index (κ3) is 5.55. The minimum Gasteiger partial charge on any atom is -0.462 e. The van der Waals surface area contributed by atoms with Crippen LogP contribution in [0.3, 0.4) is 0 Å². The van der Waals surface area contributed by atoms with E-state index in [-0.39, 0.29) is 12.1 Å². The molecule has 4 rings (SSSR count). The summed E-state index contributed by atoms with van der Waals surface area (Å²) in [7, 11) is 4.02. The topological polar surface area (TPSA) is 29.5 Å². The second kappa shape index (κ2) is 10.9. The van der Waals surface area contributed by atoms with Crippen LogP contribution in [0.5, 0.6) is 0 Å². The van der Waals surface area contributed by atoms with Crippen molar-refractivity contribution in [3.63, 3.8) is 0 Å². The molecule has 0 amide bonds. The first kappa shape index (κ1) is 27.2. The molecule has 0 spiro atoms. The van der Waals surface area contributed by atoms with E-state index in [9.17, 15) is 4.79 Å². The Hall–Kier alpha value is -0.830. The van der Waals surface area contributed by atoms with Gasteiger partial charge < -0.3 is 9.64 Å². The predicted octanol–water partition coefficient (Wildman–Crippen LogP) is 7.89. The van der Waals surface area contributed by atoms with E-state index in [0.717, 1.165) is 54.9 Å². The molecule has 4 aliphatic carbocycles. The van der Waals surface area contributed by atoms with Crippen molar-refractivity contribution in [2.24, 2.45) is 46.3 Å². The number of allylic oxidation sites excluding steroid dienone is 1. The normalized spacial score (nSPS) is 39.6. The summed E-state index contributed by atoms with van der Waals surface area (Å²) in [6.45, 7) is 13.3. The van der Waals surface area contributed by atoms with Gasteiger partial charge in [0.1, 0.15) is 6.10 Å². The van der Waals surface area contributed by atoms with Crippen molar-refractivity contribution in [3.05, 3.63) is 11.6 Å². The second-order valence-corrected chi connectivity index (χ2v) is 14.2. The van der Waals surface area contributed by atoms with Crippen LogP contribution in [0.1, 0.15) is 112 Å². The Morgan fingerprint density at radius 2 is 1.83 bits per heavy atom. The molecule has 0 heterocycles. The van der Waals surface area contributed by atoms with Crippen LogP contribution in [0, 0.1) is 46.3 Å². The van der Waals surface area contributed by atoms with Gasteiger partial charge in [0.25, 0.3) is 0 Å². The highest BCUT2D eigenvalue weighted by Gasteiger charge is 2.59. The first-order chi connectivity index (χ1) is 16.5. The van der Waals surface area contributed by atoms with Crippen LogP contribution >= 0.6 is 0 Å². The fourth-order valence-corrected chi connectivity index (χ4v) is 9.31.